The van der Waals surface area contributed by atoms with Gasteiger partial charge in [0.15, 0.2) is 5.96 Å². The number of rotatable bonds is 7. The highest BCUT2D eigenvalue weighted by molar-refractivity contribution is 7.10. The number of hydrogen-bond acceptors (Lipinski definition) is 5. The van der Waals surface area contributed by atoms with Crippen molar-refractivity contribution in [3.05, 3.63) is 22.4 Å². The van der Waals surface area contributed by atoms with E-state index in [0.717, 1.165) is 25.6 Å². The van der Waals surface area contributed by atoms with E-state index in [1.807, 2.05) is 0 Å². The van der Waals surface area contributed by atoms with Crippen LogP contribution in [-0.2, 0) is 9.59 Å². The van der Waals surface area contributed by atoms with Crippen LogP contribution < -0.4 is 10.6 Å². The molecular weight excluding hydrogens is 386 g/mol. The standard InChI is InChI=1S/C21H33N5O2S/c1-16-8-11-25(12-9-16)17(18-5-4-14-29-18)15-24-21(22-2)23-10-13-26-19(27)6-3-7-20(26)28/h4-5,14,16-17H,3,6-13,15H2,1-2H3,(H2,22,23,24). The fraction of sp³-hybridized carbons (Fsp3) is 0.667. The van der Waals surface area contributed by atoms with Crippen LogP contribution in [0.2, 0.25) is 0 Å². The van der Waals surface area contributed by atoms with E-state index in [1.165, 1.54) is 22.6 Å². The topological polar surface area (TPSA) is 77.0 Å². The second kappa shape index (κ2) is 10.7. The Morgan fingerprint density at radius 3 is 2.59 bits per heavy atom. The van der Waals surface area contributed by atoms with Gasteiger partial charge in [-0.3, -0.25) is 24.4 Å². The molecule has 2 amide bonds. The predicted octanol–water partition coefficient (Wildman–Crippen LogP) is 2.23. The molecule has 1 unspecified atom stereocenters. The highest BCUT2D eigenvalue weighted by Crippen LogP contribution is 2.29. The lowest BCUT2D eigenvalue weighted by Crippen LogP contribution is -2.48. The summed E-state index contributed by atoms with van der Waals surface area (Å²) < 4.78 is 0. The molecule has 29 heavy (non-hydrogen) atoms. The first kappa shape index (κ1) is 21.8. The van der Waals surface area contributed by atoms with E-state index in [1.54, 1.807) is 18.4 Å². The molecule has 0 aromatic carbocycles. The molecule has 3 heterocycles. The second-order valence-corrected chi connectivity index (χ2v) is 8.90. The first-order valence-electron chi connectivity index (χ1n) is 10.6. The van der Waals surface area contributed by atoms with Crippen molar-refractivity contribution in [2.24, 2.45) is 10.9 Å². The molecule has 0 radical (unpaired) electrons. The van der Waals surface area contributed by atoms with Crippen LogP contribution in [0.15, 0.2) is 22.5 Å². The zero-order chi connectivity index (χ0) is 20.6. The van der Waals surface area contributed by atoms with Gasteiger partial charge in [0, 0.05) is 44.4 Å². The van der Waals surface area contributed by atoms with Crippen LogP contribution in [0.1, 0.15) is 49.9 Å². The quantitative estimate of drug-likeness (QED) is 0.403. The van der Waals surface area contributed by atoms with Gasteiger partial charge in [0.05, 0.1) is 6.04 Å². The Morgan fingerprint density at radius 2 is 1.97 bits per heavy atom. The van der Waals surface area contributed by atoms with Crippen LogP contribution >= 0.6 is 11.3 Å². The summed E-state index contributed by atoms with van der Waals surface area (Å²) in [5.74, 6) is 1.37. The van der Waals surface area contributed by atoms with Gasteiger partial charge < -0.3 is 10.6 Å². The zero-order valence-electron chi connectivity index (χ0n) is 17.5. The molecule has 0 aliphatic carbocycles. The molecule has 2 aliphatic rings. The molecule has 0 spiro atoms. The number of nitrogens with zero attached hydrogens (tertiary/aromatic N) is 3. The van der Waals surface area contributed by atoms with Gasteiger partial charge in [-0.2, -0.15) is 0 Å². The third-order valence-corrected chi connectivity index (χ3v) is 6.80. The number of amides is 2. The second-order valence-electron chi connectivity index (χ2n) is 7.92. The maximum Gasteiger partial charge on any atom is 0.229 e. The average Bonchev–Trinajstić information content (AvgIpc) is 3.24. The summed E-state index contributed by atoms with van der Waals surface area (Å²) in [6.45, 7) is 6.24. The van der Waals surface area contributed by atoms with Crippen LogP contribution in [0.3, 0.4) is 0 Å². The van der Waals surface area contributed by atoms with E-state index >= 15 is 0 Å². The number of imide groups is 1. The Bertz CT molecular complexity index is 682. The van der Waals surface area contributed by atoms with Crippen LogP contribution in [0, 0.1) is 5.92 Å². The highest BCUT2D eigenvalue weighted by atomic mass is 32.1. The minimum Gasteiger partial charge on any atom is -0.355 e. The molecule has 2 fully saturated rings. The molecule has 8 heteroatoms. The van der Waals surface area contributed by atoms with Gasteiger partial charge in [0.2, 0.25) is 11.8 Å². The normalized spacial score (nSPS) is 20.8. The van der Waals surface area contributed by atoms with Crippen molar-refractivity contribution >= 4 is 29.1 Å². The third-order valence-electron chi connectivity index (χ3n) is 5.83. The summed E-state index contributed by atoms with van der Waals surface area (Å²) >= 11 is 1.80. The Labute approximate surface area is 177 Å². The number of nitrogens with one attached hydrogen (secondary N) is 2. The van der Waals surface area contributed by atoms with Gasteiger partial charge in [0.25, 0.3) is 0 Å². The summed E-state index contributed by atoms with van der Waals surface area (Å²) in [5.41, 5.74) is 0. The zero-order valence-corrected chi connectivity index (χ0v) is 18.3. The van der Waals surface area contributed by atoms with Crippen LogP contribution in [-0.4, -0.2) is 67.3 Å². The SMILES string of the molecule is CN=C(NCCN1C(=O)CCCC1=O)NCC(c1cccs1)N1CCC(C)CC1. The lowest BCUT2D eigenvalue weighted by atomic mass is 9.97. The monoisotopic (exact) mass is 419 g/mol. The van der Waals surface area contributed by atoms with Crippen molar-refractivity contribution in [1.82, 2.24) is 20.4 Å². The van der Waals surface area contributed by atoms with Gasteiger partial charge >= 0.3 is 0 Å². The van der Waals surface area contributed by atoms with Crippen molar-refractivity contribution in [1.29, 1.82) is 0 Å². The Kier molecular flexibility index (Phi) is 8.06. The maximum absolute atomic E-state index is 11.9. The maximum atomic E-state index is 11.9. The first-order valence-corrected chi connectivity index (χ1v) is 11.5. The van der Waals surface area contributed by atoms with Crippen molar-refractivity contribution in [3.63, 3.8) is 0 Å². The van der Waals surface area contributed by atoms with Crippen molar-refractivity contribution in [3.8, 4) is 0 Å². The predicted molar refractivity (Wildman–Crippen MR) is 117 cm³/mol. The van der Waals surface area contributed by atoms with Gasteiger partial charge in [-0.15, -0.1) is 11.3 Å². The Morgan fingerprint density at radius 1 is 1.24 bits per heavy atom. The van der Waals surface area contributed by atoms with E-state index in [-0.39, 0.29) is 11.8 Å². The Hall–Kier alpha value is -1.93. The molecule has 2 N–H and O–H groups in total. The van der Waals surface area contributed by atoms with Crippen molar-refractivity contribution in [2.45, 2.75) is 45.1 Å². The number of aliphatic imine (C=N–C) groups is 1. The van der Waals surface area contributed by atoms with Crippen molar-refractivity contribution in [2.75, 3.05) is 39.8 Å². The summed E-state index contributed by atoms with van der Waals surface area (Å²) in [6.07, 6.45) is 4.09. The van der Waals surface area contributed by atoms with E-state index in [2.05, 4.69) is 45.0 Å². The third kappa shape index (κ3) is 6.02. The minimum absolute atomic E-state index is 0.0666. The number of piperidine rings is 2. The largest absolute Gasteiger partial charge is 0.355 e. The number of thiophene rings is 1. The number of likely N-dealkylation sites (tertiary alicyclic amines) is 2. The van der Waals surface area contributed by atoms with E-state index in [4.69, 9.17) is 0 Å². The smallest absolute Gasteiger partial charge is 0.229 e. The van der Waals surface area contributed by atoms with Crippen molar-refractivity contribution < 1.29 is 9.59 Å². The van der Waals surface area contributed by atoms with Crippen LogP contribution in [0.5, 0.6) is 0 Å². The molecule has 160 valence electrons. The van der Waals surface area contributed by atoms with Crippen LogP contribution in [0.4, 0.5) is 0 Å². The van der Waals surface area contributed by atoms with E-state index in [9.17, 15) is 9.59 Å². The summed E-state index contributed by atoms with van der Waals surface area (Å²) in [5, 5.41) is 8.82. The number of carbonyl (C=O) groups excluding carboxylic acids is 2. The lowest BCUT2D eigenvalue weighted by molar-refractivity contribution is -0.147. The van der Waals surface area contributed by atoms with Gasteiger partial charge in [-0.25, -0.2) is 0 Å². The number of carbonyl (C=O) groups is 2. The number of hydrogen-bond donors (Lipinski definition) is 2. The molecule has 1 aromatic rings. The molecule has 1 atom stereocenters. The molecule has 2 aliphatic heterocycles. The van der Waals surface area contributed by atoms with Gasteiger partial charge in [-0.1, -0.05) is 13.0 Å². The molecule has 3 rings (SSSR count). The lowest BCUT2D eigenvalue weighted by Gasteiger charge is -2.36. The highest BCUT2D eigenvalue weighted by Gasteiger charge is 2.26. The molecule has 7 nitrogen and oxygen atoms in total. The molecule has 2 saturated heterocycles. The number of guanidine groups is 1. The summed E-state index contributed by atoms with van der Waals surface area (Å²) in [7, 11) is 1.75. The van der Waals surface area contributed by atoms with E-state index in [0.29, 0.717) is 44.4 Å². The molecule has 0 bridgehead atoms. The first-order chi connectivity index (χ1) is 14.1. The summed E-state index contributed by atoms with van der Waals surface area (Å²) in [6, 6.07) is 4.64. The van der Waals surface area contributed by atoms with Gasteiger partial charge in [-0.05, 0) is 49.7 Å². The summed E-state index contributed by atoms with van der Waals surface area (Å²) in [4.78, 5) is 33.5. The minimum atomic E-state index is -0.0666. The van der Waals surface area contributed by atoms with Crippen LogP contribution in [0.25, 0.3) is 0 Å². The Balaban J connectivity index is 1.51. The van der Waals surface area contributed by atoms with E-state index < -0.39 is 0 Å². The average molecular weight is 420 g/mol. The van der Waals surface area contributed by atoms with Gasteiger partial charge in [0.1, 0.15) is 0 Å². The molecule has 1 aromatic heterocycles. The fourth-order valence-corrected chi connectivity index (χ4v) is 4.84. The fourth-order valence-electron chi connectivity index (χ4n) is 3.98. The molecular formula is C21H33N5O2S. The molecule has 0 saturated carbocycles.